The molecule has 0 aliphatic heterocycles. The summed E-state index contributed by atoms with van der Waals surface area (Å²) in [5.74, 6) is 0.640. The van der Waals surface area contributed by atoms with Gasteiger partial charge in [-0.15, -0.1) is 0 Å². The van der Waals surface area contributed by atoms with Crippen LogP contribution >= 0.6 is 28.1 Å². The third-order valence-electron chi connectivity index (χ3n) is 2.42. The van der Waals surface area contributed by atoms with Gasteiger partial charge in [0.1, 0.15) is 10.3 Å². The lowest BCUT2D eigenvalue weighted by Gasteiger charge is -2.21. The van der Waals surface area contributed by atoms with Crippen molar-refractivity contribution < 1.29 is 0 Å². The number of rotatable bonds is 1. The summed E-state index contributed by atoms with van der Waals surface area (Å²) in [6, 6.07) is 0. The number of nitrogens with zero attached hydrogens (tertiary/aromatic N) is 3. The van der Waals surface area contributed by atoms with E-state index in [0.29, 0.717) is 16.2 Å². The minimum atomic E-state index is -0.0632. The van der Waals surface area contributed by atoms with Gasteiger partial charge in [0, 0.05) is 23.5 Å². The molecular formula is C12H13BrN4S. The Balaban J connectivity index is 2.66. The highest BCUT2D eigenvalue weighted by atomic mass is 79.9. The van der Waals surface area contributed by atoms with Crippen LogP contribution in [0.25, 0.3) is 11.5 Å². The van der Waals surface area contributed by atoms with Gasteiger partial charge in [0.15, 0.2) is 5.82 Å². The summed E-state index contributed by atoms with van der Waals surface area (Å²) < 4.78 is 1.36. The molecule has 0 atom stereocenters. The molecule has 6 heteroatoms. The Morgan fingerprint density at radius 2 is 2.00 bits per heavy atom. The molecule has 0 saturated heterocycles. The molecule has 0 fully saturated rings. The molecule has 0 aromatic carbocycles. The summed E-state index contributed by atoms with van der Waals surface area (Å²) in [4.78, 5) is 15.9. The first-order chi connectivity index (χ1) is 8.39. The number of aromatic nitrogens is 4. The molecule has 0 bridgehead atoms. The van der Waals surface area contributed by atoms with Crippen molar-refractivity contribution in [3.8, 4) is 11.5 Å². The van der Waals surface area contributed by atoms with E-state index in [9.17, 15) is 0 Å². The van der Waals surface area contributed by atoms with Crippen LogP contribution in [0, 0.1) is 4.64 Å². The normalized spacial score (nSPS) is 11.6. The van der Waals surface area contributed by atoms with Crippen LogP contribution in [0.3, 0.4) is 0 Å². The molecule has 2 aromatic heterocycles. The van der Waals surface area contributed by atoms with Crippen LogP contribution in [0.4, 0.5) is 0 Å². The minimum Gasteiger partial charge on any atom is -0.340 e. The lowest BCUT2D eigenvalue weighted by atomic mass is 9.92. The zero-order chi connectivity index (χ0) is 13.3. The van der Waals surface area contributed by atoms with E-state index in [4.69, 9.17) is 12.2 Å². The fraction of sp³-hybridized carbons (Fsp3) is 0.333. The first-order valence-electron chi connectivity index (χ1n) is 5.46. The van der Waals surface area contributed by atoms with Crippen molar-refractivity contribution in [3.05, 3.63) is 33.4 Å². The summed E-state index contributed by atoms with van der Waals surface area (Å²) in [7, 11) is 0. The van der Waals surface area contributed by atoms with Crippen LogP contribution in [-0.2, 0) is 5.41 Å². The van der Waals surface area contributed by atoms with Gasteiger partial charge >= 0.3 is 0 Å². The second-order valence-corrected chi connectivity index (χ2v) is 6.10. The first kappa shape index (κ1) is 13.3. The average Bonchev–Trinajstić information content (AvgIpc) is 2.32. The zero-order valence-electron chi connectivity index (χ0n) is 10.4. The van der Waals surface area contributed by atoms with E-state index in [-0.39, 0.29) is 5.41 Å². The molecule has 0 unspecified atom stereocenters. The van der Waals surface area contributed by atoms with Crippen molar-refractivity contribution in [2.45, 2.75) is 26.2 Å². The van der Waals surface area contributed by atoms with Gasteiger partial charge in [-0.05, 0) is 15.9 Å². The minimum absolute atomic E-state index is 0.0632. The standard InChI is InChI=1S/C12H13BrN4S/c1-12(2,3)9-8(13)11(18)17-10(16-9)7-6-14-4-5-15-7/h4-6H,1-3H3,(H,16,17,18). The Hall–Kier alpha value is -1.14. The van der Waals surface area contributed by atoms with Crippen LogP contribution in [0.15, 0.2) is 23.1 Å². The Morgan fingerprint density at radius 1 is 1.28 bits per heavy atom. The first-order valence-corrected chi connectivity index (χ1v) is 6.66. The highest BCUT2D eigenvalue weighted by Gasteiger charge is 2.20. The topological polar surface area (TPSA) is 54.5 Å². The number of hydrogen-bond donors (Lipinski definition) is 1. The maximum atomic E-state index is 5.27. The van der Waals surface area contributed by atoms with Crippen molar-refractivity contribution in [2.24, 2.45) is 0 Å². The van der Waals surface area contributed by atoms with Crippen molar-refractivity contribution in [2.75, 3.05) is 0 Å². The quantitative estimate of drug-likeness (QED) is 0.813. The summed E-state index contributed by atoms with van der Waals surface area (Å²) in [6.07, 6.45) is 4.92. The van der Waals surface area contributed by atoms with Crippen molar-refractivity contribution in [1.82, 2.24) is 19.9 Å². The van der Waals surface area contributed by atoms with Gasteiger partial charge < -0.3 is 4.98 Å². The van der Waals surface area contributed by atoms with E-state index < -0.39 is 0 Å². The third kappa shape index (κ3) is 2.64. The lowest BCUT2D eigenvalue weighted by Crippen LogP contribution is -2.16. The Labute approximate surface area is 119 Å². The van der Waals surface area contributed by atoms with Crippen LogP contribution in [0.1, 0.15) is 26.5 Å². The number of nitrogens with one attached hydrogen (secondary N) is 1. The molecule has 0 spiro atoms. The molecule has 0 aliphatic rings. The largest absolute Gasteiger partial charge is 0.340 e. The van der Waals surface area contributed by atoms with E-state index in [1.54, 1.807) is 18.6 Å². The second-order valence-electron chi connectivity index (χ2n) is 4.92. The van der Waals surface area contributed by atoms with Gasteiger partial charge in [-0.1, -0.05) is 33.0 Å². The second kappa shape index (κ2) is 4.85. The molecule has 0 radical (unpaired) electrons. The maximum absolute atomic E-state index is 5.27. The van der Waals surface area contributed by atoms with Gasteiger partial charge in [0.2, 0.25) is 0 Å². The Bertz CT molecular complexity index is 616. The molecule has 4 nitrogen and oxygen atoms in total. The Morgan fingerprint density at radius 3 is 2.56 bits per heavy atom. The number of aromatic amines is 1. The van der Waals surface area contributed by atoms with Crippen LogP contribution < -0.4 is 0 Å². The van der Waals surface area contributed by atoms with Crippen LogP contribution in [0.5, 0.6) is 0 Å². The van der Waals surface area contributed by atoms with Gasteiger partial charge in [0.05, 0.1) is 10.7 Å². The van der Waals surface area contributed by atoms with Crippen molar-refractivity contribution in [1.29, 1.82) is 0 Å². The van der Waals surface area contributed by atoms with Gasteiger partial charge in [-0.2, -0.15) is 0 Å². The fourth-order valence-corrected chi connectivity index (χ4v) is 2.49. The maximum Gasteiger partial charge on any atom is 0.159 e. The molecule has 0 amide bonds. The smallest absolute Gasteiger partial charge is 0.159 e. The van der Waals surface area contributed by atoms with Gasteiger partial charge in [0.25, 0.3) is 0 Å². The van der Waals surface area contributed by atoms with Crippen molar-refractivity contribution >= 4 is 28.1 Å². The molecular weight excluding hydrogens is 312 g/mol. The van der Waals surface area contributed by atoms with E-state index in [0.717, 1.165) is 10.2 Å². The summed E-state index contributed by atoms with van der Waals surface area (Å²) >= 11 is 8.76. The molecule has 2 aromatic rings. The summed E-state index contributed by atoms with van der Waals surface area (Å²) in [6.45, 7) is 6.33. The van der Waals surface area contributed by atoms with E-state index in [1.165, 1.54) is 0 Å². The Kier molecular flexibility index (Phi) is 3.59. The average molecular weight is 325 g/mol. The molecule has 94 valence electrons. The molecule has 0 aliphatic carbocycles. The van der Waals surface area contributed by atoms with E-state index in [2.05, 4.69) is 56.6 Å². The zero-order valence-corrected chi connectivity index (χ0v) is 12.8. The SMILES string of the molecule is CC(C)(C)c1[nH]c(-c2cnccn2)nc(=S)c1Br. The summed E-state index contributed by atoms with van der Waals surface area (Å²) in [5, 5.41) is 0. The molecule has 2 heterocycles. The number of halogens is 1. The highest BCUT2D eigenvalue weighted by molar-refractivity contribution is 9.10. The molecule has 2 rings (SSSR count). The van der Waals surface area contributed by atoms with E-state index >= 15 is 0 Å². The van der Waals surface area contributed by atoms with E-state index in [1.807, 2.05) is 0 Å². The van der Waals surface area contributed by atoms with Gasteiger partial charge in [-0.25, -0.2) is 9.97 Å². The predicted octanol–water partition coefficient (Wildman–Crippen LogP) is 3.66. The predicted molar refractivity (Wildman–Crippen MR) is 76.8 cm³/mol. The van der Waals surface area contributed by atoms with Crippen LogP contribution in [-0.4, -0.2) is 19.9 Å². The molecule has 0 saturated carbocycles. The lowest BCUT2D eigenvalue weighted by molar-refractivity contribution is 0.563. The van der Waals surface area contributed by atoms with Crippen LogP contribution in [0.2, 0.25) is 0 Å². The number of hydrogen-bond acceptors (Lipinski definition) is 4. The third-order valence-corrected chi connectivity index (χ3v) is 3.75. The highest BCUT2D eigenvalue weighted by Crippen LogP contribution is 2.29. The van der Waals surface area contributed by atoms with Crippen molar-refractivity contribution in [3.63, 3.8) is 0 Å². The molecule has 1 N–H and O–H groups in total. The summed E-state index contributed by atoms with van der Waals surface area (Å²) in [5.41, 5.74) is 1.62. The fourth-order valence-electron chi connectivity index (χ4n) is 1.52. The monoisotopic (exact) mass is 324 g/mol. The molecule has 18 heavy (non-hydrogen) atoms. The van der Waals surface area contributed by atoms with Gasteiger partial charge in [-0.3, -0.25) is 4.98 Å². The number of H-pyrrole nitrogens is 1.